The van der Waals surface area contributed by atoms with E-state index in [4.69, 9.17) is 0 Å². The summed E-state index contributed by atoms with van der Waals surface area (Å²) < 4.78 is 0. The van der Waals surface area contributed by atoms with E-state index in [1.165, 1.54) is 5.75 Å². The van der Waals surface area contributed by atoms with Gasteiger partial charge in [-0.25, -0.2) is 5.88 Å². The van der Waals surface area contributed by atoms with Crippen molar-refractivity contribution in [1.29, 1.82) is 0 Å². The number of hydrogen-bond donors (Lipinski definition) is 1. The molecule has 1 rings (SSSR count). The average molecular weight is 196 g/mol. The first kappa shape index (κ1) is 7.05. The number of nitrogens with one attached hydrogen (secondary N) is 1. The van der Waals surface area contributed by atoms with Gasteiger partial charge in [-0.2, -0.15) is 0 Å². The first-order valence-electron chi connectivity index (χ1n) is 1.67. The van der Waals surface area contributed by atoms with Crippen LogP contribution in [0.5, 0.6) is 0 Å². The zero-order valence-corrected chi connectivity index (χ0v) is 5.50. The topological polar surface area (TPSA) is 12.0 Å². The molecular formula is C3H6AgNS. The fourth-order valence-electron chi connectivity index (χ4n) is 0.295. The van der Waals surface area contributed by atoms with Gasteiger partial charge in [-0.3, -0.25) is 0 Å². The van der Waals surface area contributed by atoms with Crippen LogP contribution >= 0.6 is 11.8 Å². The Bertz CT molecular complexity index is 22.4. The first-order valence-corrected chi connectivity index (χ1v) is 2.72. The van der Waals surface area contributed by atoms with E-state index in [-0.39, 0.29) is 22.4 Å². The number of thioether (sulfide) groups is 1. The van der Waals surface area contributed by atoms with Crippen molar-refractivity contribution >= 4 is 11.8 Å². The number of hydrogen-bond acceptors (Lipinski definition) is 2. The molecule has 1 N–H and O–H groups in total. The van der Waals surface area contributed by atoms with Gasteiger partial charge in [-0.05, 0) is 12.3 Å². The van der Waals surface area contributed by atoms with Crippen molar-refractivity contribution in [1.82, 2.24) is 5.32 Å². The Morgan fingerprint density at radius 1 is 1.67 bits per heavy atom. The molecule has 0 atom stereocenters. The van der Waals surface area contributed by atoms with E-state index in [2.05, 4.69) is 5.32 Å². The van der Waals surface area contributed by atoms with Gasteiger partial charge < -0.3 is 17.1 Å². The van der Waals surface area contributed by atoms with E-state index in [0.29, 0.717) is 0 Å². The van der Waals surface area contributed by atoms with Crippen LogP contribution < -0.4 is 5.32 Å². The van der Waals surface area contributed by atoms with Crippen LogP contribution in [0.1, 0.15) is 0 Å². The van der Waals surface area contributed by atoms with Gasteiger partial charge in [-0.15, -0.1) is 0 Å². The molecule has 1 heterocycles. The maximum absolute atomic E-state index is 3.06. The van der Waals surface area contributed by atoms with Crippen molar-refractivity contribution in [2.45, 2.75) is 0 Å². The third kappa shape index (κ3) is 2.26. The van der Waals surface area contributed by atoms with Crippen LogP contribution in [0.25, 0.3) is 0 Å². The Morgan fingerprint density at radius 3 is 2.67 bits per heavy atom. The minimum absolute atomic E-state index is 0. The second-order valence-corrected chi connectivity index (χ2v) is 1.92. The van der Waals surface area contributed by atoms with Crippen LogP contribution in [0.3, 0.4) is 0 Å². The Hall–Kier alpha value is 1.05. The quantitative estimate of drug-likeness (QED) is 0.445. The molecule has 0 bridgehead atoms. The summed E-state index contributed by atoms with van der Waals surface area (Å²) in [6.07, 6.45) is 0. The maximum atomic E-state index is 3.06. The first-order chi connectivity index (χ1) is 2.50. The molecule has 0 aromatic carbocycles. The van der Waals surface area contributed by atoms with Gasteiger partial charge in [0, 0.05) is 0 Å². The normalized spacial score (nSPS) is 20.0. The summed E-state index contributed by atoms with van der Waals surface area (Å²) in [6, 6.07) is 0. The van der Waals surface area contributed by atoms with Crippen molar-refractivity contribution < 1.29 is 22.4 Å². The fraction of sp³-hybridized carbons (Fsp3) is 0.667. The largest absolute Gasteiger partial charge is 1.00 e. The van der Waals surface area contributed by atoms with Crippen molar-refractivity contribution in [2.24, 2.45) is 0 Å². The molecule has 0 aromatic heterocycles. The van der Waals surface area contributed by atoms with Gasteiger partial charge >= 0.3 is 22.4 Å². The van der Waals surface area contributed by atoms with Crippen LogP contribution in [-0.4, -0.2) is 12.3 Å². The zero-order valence-electron chi connectivity index (χ0n) is 3.20. The summed E-state index contributed by atoms with van der Waals surface area (Å²) in [4.78, 5) is 0. The van der Waals surface area contributed by atoms with Gasteiger partial charge in [0.2, 0.25) is 0 Å². The molecule has 1 saturated heterocycles. The van der Waals surface area contributed by atoms with Gasteiger partial charge in [0.1, 0.15) is 0 Å². The van der Waals surface area contributed by atoms with Crippen LogP contribution in [0.15, 0.2) is 0 Å². The predicted octanol–water partition coefficient (Wildman–Crippen LogP) is 0.440. The molecule has 3 heteroatoms. The Balaban J connectivity index is 0.000000250. The third-order valence-corrected chi connectivity index (χ3v) is 1.30. The van der Waals surface area contributed by atoms with Crippen LogP contribution in [0, 0.1) is 5.88 Å². The zero-order chi connectivity index (χ0) is 3.54. The van der Waals surface area contributed by atoms with Gasteiger partial charge in [0.15, 0.2) is 0 Å². The maximum Gasteiger partial charge on any atom is 1.00 e. The van der Waals surface area contributed by atoms with E-state index in [9.17, 15) is 0 Å². The summed E-state index contributed by atoms with van der Waals surface area (Å²) in [5.74, 6) is 3.28. The molecule has 0 radical (unpaired) electrons. The molecule has 0 aliphatic carbocycles. The Kier molecular flexibility index (Phi) is 4.95. The van der Waals surface area contributed by atoms with Gasteiger partial charge in [0.05, 0.1) is 0 Å². The van der Waals surface area contributed by atoms with Gasteiger partial charge in [0.25, 0.3) is 0 Å². The molecule has 0 aromatic rings. The second-order valence-electron chi connectivity index (χ2n) is 0.943. The average Bonchev–Trinajstić information content (AvgIpc) is 1.76. The summed E-state index contributed by atoms with van der Waals surface area (Å²) in [6.45, 7) is 1.16. The second kappa shape index (κ2) is 4.22. The Morgan fingerprint density at radius 2 is 2.50 bits per heavy atom. The van der Waals surface area contributed by atoms with E-state index in [1.54, 1.807) is 0 Å². The van der Waals surface area contributed by atoms with Crippen molar-refractivity contribution in [3.63, 3.8) is 0 Å². The van der Waals surface area contributed by atoms with Crippen molar-refractivity contribution in [2.75, 3.05) is 12.3 Å². The summed E-state index contributed by atoms with van der Waals surface area (Å²) in [5, 5.41) is 3.06. The smallest absolute Gasteiger partial charge is 0.460 e. The molecule has 1 fully saturated rings. The van der Waals surface area contributed by atoms with E-state index < -0.39 is 0 Å². The summed E-state index contributed by atoms with van der Waals surface area (Å²) in [5.41, 5.74) is 0. The van der Waals surface area contributed by atoms with Crippen LogP contribution in [0.4, 0.5) is 0 Å². The molecule has 1 aliphatic heterocycles. The minimum Gasteiger partial charge on any atom is -0.460 e. The SMILES string of the molecule is [Ag+].[CH-]1NCCS1. The van der Waals surface area contributed by atoms with E-state index in [0.717, 1.165) is 6.54 Å². The number of rotatable bonds is 0. The monoisotopic (exact) mass is 195 g/mol. The molecule has 1 nitrogen and oxygen atoms in total. The molecule has 0 unspecified atom stereocenters. The summed E-state index contributed by atoms with van der Waals surface area (Å²) >= 11 is 1.84. The molecule has 0 saturated carbocycles. The van der Waals surface area contributed by atoms with Gasteiger partial charge in [-0.1, -0.05) is 0 Å². The van der Waals surface area contributed by atoms with Crippen molar-refractivity contribution in [3.05, 3.63) is 5.88 Å². The molecular weight excluding hydrogens is 190 g/mol. The van der Waals surface area contributed by atoms with Crippen molar-refractivity contribution in [3.8, 4) is 0 Å². The van der Waals surface area contributed by atoms with E-state index >= 15 is 0 Å². The standard InChI is InChI=1S/C3H6NS.Ag/c1-2-5-3-4-1;/h3-4H,1-2H2;/q-1;+1. The molecule has 0 spiro atoms. The predicted molar refractivity (Wildman–Crippen MR) is 24.8 cm³/mol. The van der Waals surface area contributed by atoms with Crippen LogP contribution in [0.2, 0.25) is 0 Å². The third-order valence-electron chi connectivity index (χ3n) is 0.531. The van der Waals surface area contributed by atoms with Crippen LogP contribution in [-0.2, 0) is 22.4 Å². The van der Waals surface area contributed by atoms with E-state index in [1.807, 2.05) is 17.6 Å². The molecule has 40 valence electrons. The fourth-order valence-corrected chi connectivity index (χ4v) is 0.884. The minimum atomic E-state index is 0. The molecule has 0 amide bonds. The Labute approximate surface area is 57.8 Å². The molecule has 1 aliphatic rings. The molecule has 6 heavy (non-hydrogen) atoms. The summed E-state index contributed by atoms with van der Waals surface area (Å²) in [7, 11) is 0.